The molecule has 1 aliphatic heterocycles. The number of nitrogens with one attached hydrogen (secondary N) is 1. The van der Waals surface area contributed by atoms with Gasteiger partial charge in [-0.15, -0.1) is 10.2 Å². The highest BCUT2D eigenvalue weighted by Gasteiger charge is 2.24. The topological polar surface area (TPSA) is 63.1 Å². The Labute approximate surface area is 142 Å². The molecule has 0 bridgehead atoms. The summed E-state index contributed by atoms with van der Waals surface area (Å²) in [6, 6.07) is 9.65. The Morgan fingerprint density at radius 1 is 1.33 bits per heavy atom. The molecule has 0 fully saturated rings. The average molecular weight is 327 g/mol. The van der Waals surface area contributed by atoms with Gasteiger partial charge in [0.05, 0.1) is 0 Å². The molecule has 1 atom stereocenters. The van der Waals surface area contributed by atoms with Crippen molar-refractivity contribution in [3.63, 3.8) is 0 Å². The molecule has 0 saturated heterocycles. The predicted octanol–water partition coefficient (Wildman–Crippen LogP) is 1.58. The highest BCUT2D eigenvalue weighted by atomic mass is 16.2. The van der Waals surface area contributed by atoms with Crippen molar-refractivity contribution in [3.05, 3.63) is 47.5 Å². The van der Waals surface area contributed by atoms with Gasteiger partial charge < -0.3 is 9.88 Å². The zero-order valence-electron chi connectivity index (χ0n) is 14.4. The number of hydrogen-bond acceptors (Lipinski definition) is 4. The molecule has 1 aromatic heterocycles. The van der Waals surface area contributed by atoms with Crippen LogP contribution in [0.15, 0.2) is 30.3 Å². The Morgan fingerprint density at radius 2 is 2.12 bits per heavy atom. The van der Waals surface area contributed by atoms with Crippen LogP contribution in [0.25, 0.3) is 0 Å². The number of likely N-dealkylation sites (N-methyl/N-ethyl adjacent to an activating group) is 1. The van der Waals surface area contributed by atoms with E-state index in [-0.39, 0.29) is 11.9 Å². The molecule has 0 aliphatic carbocycles. The van der Waals surface area contributed by atoms with Crippen LogP contribution in [0, 0.1) is 0 Å². The molecule has 0 saturated carbocycles. The smallest absolute Gasteiger partial charge is 0.241 e. The molecule has 1 aromatic carbocycles. The van der Waals surface area contributed by atoms with E-state index in [4.69, 9.17) is 0 Å². The number of aryl methyl sites for hydroxylation is 1. The number of aromatic nitrogens is 3. The van der Waals surface area contributed by atoms with E-state index >= 15 is 0 Å². The molecule has 128 valence electrons. The van der Waals surface area contributed by atoms with Crippen LogP contribution < -0.4 is 5.32 Å². The van der Waals surface area contributed by atoms with Gasteiger partial charge in [0.1, 0.15) is 17.7 Å². The fourth-order valence-corrected chi connectivity index (χ4v) is 3.21. The Kier molecular flexibility index (Phi) is 5.25. The molecule has 0 radical (unpaired) electrons. The zero-order chi connectivity index (χ0) is 16.9. The summed E-state index contributed by atoms with van der Waals surface area (Å²) in [5, 5.41) is 11.5. The van der Waals surface area contributed by atoms with Crippen molar-refractivity contribution in [2.45, 2.75) is 38.8 Å². The van der Waals surface area contributed by atoms with Crippen molar-refractivity contribution in [2.24, 2.45) is 0 Å². The van der Waals surface area contributed by atoms with Crippen LogP contribution in [0.5, 0.6) is 0 Å². The first-order chi connectivity index (χ1) is 11.7. The summed E-state index contributed by atoms with van der Waals surface area (Å²) in [6.45, 7) is 4.45. The van der Waals surface area contributed by atoms with Crippen LogP contribution >= 0.6 is 0 Å². The highest BCUT2D eigenvalue weighted by Crippen LogP contribution is 2.19. The first-order valence-electron chi connectivity index (χ1n) is 8.64. The molecule has 1 amide bonds. The third-order valence-electron chi connectivity index (χ3n) is 4.64. The SMILES string of the molecule is CCN(C)C(C(=O)NCCc1nnc2n1CCC2)c1ccccc1. The van der Waals surface area contributed by atoms with Crippen LogP contribution in [0.2, 0.25) is 0 Å². The molecule has 24 heavy (non-hydrogen) atoms. The molecular weight excluding hydrogens is 302 g/mol. The molecule has 1 unspecified atom stereocenters. The molecule has 1 aliphatic rings. The normalized spacial score (nSPS) is 14.6. The number of amides is 1. The minimum atomic E-state index is -0.264. The molecule has 2 aromatic rings. The summed E-state index contributed by atoms with van der Waals surface area (Å²) in [5.74, 6) is 2.08. The van der Waals surface area contributed by atoms with Gasteiger partial charge in [0.25, 0.3) is 0 Å². The fraction of sp³-hybridized carbons (Fsp3) is 0.500. The molecular formula is C18H25N5O. The predicted molar refractivity (Wildman–Crippen MR) is 92.5 cm³/mol. The summed E-state index contributed by atoms with van der Waals surface area (Å²) >= 11 is 0. The van der Waals surface area contributed by atoms with Gasteiger partial charge in [-0.2, -0.15) is 0 Å². The first kappa shape index (κ1) is 16.6. The summed E-state index contributed by atoms with van der Waals surface area (Å²) in [7, 11) is 1.97. The Morgan fingerprint density at radius 3 is 2.88 bits per heavy atom. The quantitative estimate of drug-likeness (QED) is 0.838. The Hall–Kier alpha value is -2.21. The highest BCUT2D eigenvalue weighted by molar-refractivity contribution is 5.83. The van der Waals surface area contributed by atoms with E-state index in [9.17, 15) is 4.79 Å². The maximum Gasteiger partial charge on any atom is 0.241 e. The fourth-order valence-electron chi connectivity index (χ4n) is 3.21. The maximum atomic E-state index is 12.7. The number of rotatable bonds is 7. The van der Waals surface area contributed by atoms with Gasteiger partial charge in [-0.3, -0.25) is 9.69 Å². The van der Waals surface area contributed by atoms with Gasteiger partial charge in [-0.1, -0.05) is 37.3 Å². The number of carbonyl (C=O) groups excluding carboxylic acids is 1. The third-order valence-corrected chi connectivity index (χ3v) is 4.64. The van der Waals surface area contributed by atoms with Crippen LogP contribution in [0.3, 0.4) is 0 Å². The molecule has 2 heterocycles. The number of fused-ring (bicyclic) bond motifs is 1. The van der Waals surface area contributed by atoms with Gasteiger partial charge >= 0.3 is 0 Å². The molecule has 3 rings (SSSR count). The molecule has 6 heteroatoms. The molecule has 6 nitrogen and oxygen atoms in total. The van der Waals surface area contributed by atoms with Crippen LogP contribution in [-0.4, -0.2) is 45.7 Å². The van der Waals surface area contributed by atoms with Crippen molar-refractivity contribution in [3.8, 4) is 0 Å². The number of hydrogen-bond donors (Lipinski definition) is 1. The van der Waals surface area contributed by atoms with Crippen molar-refractivity contribution in [1.82, 2.24) is 25.0 Å². The van der Waals surface area contributed by atoms with Gasteiger partial charge in [0, 0.05) is 25.9 Å². The standard InChI is InChI=1S/C18H25N5O/c1-3-22(2)17(14-8-5-4-6-9-14)18(24)19-12-11-16-21-20-15-10-7-13-23(15)16/h4-6,8-9,17H,3,7,10-13H2,1-2H3,(H,19,24). The number of benzene rings is 1. The number of carbonyl (C=O) groups is 1. The largest absolute Gasteiger partial charge is 0.354 e. The van der Waals surface area contributed by atoms with Crippen molar-refractivity contribution in [1.29, 1.82) is 0 Å². The summed E-state index contributed by atoms with van der Waals surface area (Å²) < 4.78 is 2.18. The van der Waals surface area contributed by atoms with E-state index in [0.717, 1.165) is 49.6 Å². The van der Waals surface area contributed by atoms with Crippen molar-refractivity contribution >= 4 is 5.91 Å². The lowest BCUT2D eigenvalue weighted by Gasteiger charge is -2.26. The second kappa shape index (κ2) is 7.57. The second-order valence-electron chi connectivity index (χ2n) is 6.22. The maximum absolute atomic E-state index is 12.7. The van der Waals surface area contributed by atoms with E-state index in [1.807, 2.05) is 37.4 Å². The van der Waals surface area contributed by atoms with E-state index in [2.05, 4.69) is 31.9 Å². The van der Waals surface area contributed by atoms with E-state index < -0.39 is 0 Å². The first-order valence-corrected chi connectivity index (χ1v) is 8.64. The van der Waals surface area contributed by atoms with Gasteiger partial charge in [-0.05, 0) is 25.6 Å². The summed E-state index contributed by atoms with van der Waals surface area (Å²) in [5.41, 5.74) is 1.02. The Bertz CT molecular complexity index is 682. The van der Waals surface area contributed by atoms with Crippen LogP contribution in [-0.2, 0) is 24.2 Å². The molecule has 0 spiro atoms. The average Bonchev–Trinajstić information content (AvgIpc) is 3.20. The third kappa shape index (κ3) is 3.48. The monoisotopic (exact) mass is 327 g/mol. The van der Waals surface area contributed by atoms with Crippen molar-refractivity contribution in [2.75, 3.05) is 20.1 Å². The lowest BCUT2D eigenvalue weighted by molar-refractivity contribution is -0.126. The molecule has 1 N–H and O–H groups in total. The van der Waals surface area contributed by atoms with E-state index in [0.29, 0.717) is 6.54 Å². The van der Waals surface area contributed by atoms with E-state index in [1.54, 1.807) is 0 Å². The minimum Gasteiger partial charge on any atom is -0.354 e. The van der Waals surface area contributed by atoms with Crippen LogP contribution in [0.4, 0.5) is 0 Å². The van der Waals surface area contributed by atoms with Gasteiger partial charge in [0.15, 0.2) is 0 Å². The lowest BCUT2D eigenvalue weighted by Crippen LogP contribution is -2.39. The summed E-state index contributed by atoms with van der Waals surface area (Å²) in [6.07, 6.45) is 2.87. The van der Waals surface area contributed by atoms with Crippen molar-refractivity contribution < 1.29 is 4.79 Å². The number of nitrogens with zero attached hydrogens (tertiary/aromatic N) is 4. The Balaban J connectivity index is 1.61. The minimum absolute atomic E-state index is 0.0340. The van der Waals surface area contributed by atoms with Gasteiger partial charge in [0.2, 0.25) is 5.91 Å². The zero-order valence-corrected chi connectivity index (χ0v) is 14.4. The van der Waals surface area contributed by atoms with Crippen LogP contribution in [0.1, 0.15) is 36.6 Å². The summed E-state index contributed by atoms with van der Waals surface area (Å²) in [4.78, 5) is 14.8. The van der Waals surface area contributed by atoms with Gasteiger partial charge in [-0.25, -0.2) is 0 Å². The van der Waals surface area contributed by atoms with E-state index in [1.165, 1.54) is 0 Å². The lowest BCUT2D eigenvalue weighted by atomic mass is 10.0. The second-order valence-corrected chi connectivity index (χ2v) is 6.22.